The Hall–Kier alpha value is -3.03. The largest absolute Gasteiger partial charge is 0.493 e. The van der Waals surface area contributed by atoms with Gasteiger partial charge in [0, 0.05) is 12.6 Å². The molecule has 0 radical (unpaired) electrons. The van der Waals surface area contributed by atoms with Gasteiger partial charge in [0.1, 0.15) is 11.6 Å². The number of aromatic nitrogens is 1. The Kier molecular flexibility index (Phi) is 4.50. The third-order valence-corrected chi connectivity index (χ3v) is 4.16. The molecule has 0 saturated carbocycles. The lowest BCUT2D eigenvalue weighted by Gasteiger charge is -2.08. The highest BCUT2D eigenvalue weighted by atomic mass is 32.2. The van der Waals surface area contributed by atoms with Crippen LogP contribution in [0.4, 0.5) is 11.4 Å². The Morgan fingerprint density at radius 3 is 2.29 bits per heavy atom. The molecule has 124 valence electrons. The molecule has 0 saturated heterocycles. The molecule has 0 bridgehead atoms. The summed E-state index contributed by atoms with van der Waals surface area (Å²) in [6.07, 6.45) is 0. The second-order valence-corrected chi connectivity index (χ2v) is 6.24. The first-order valence-corrected chi connectivity index (χ1v) is 7.92. The molecule has 1 aromatic carbocycles. The summed E-state index contributed by atoms with van der Waals surface area (Å²) in [6.45, 7) is 1.45. The number of rotatable bonds is 3. The zero-order valence-corrected chi connectivity index (χ0v) is 13.4. The quantitative estimate of drug-likeness (QED) is 0.640. The molecule has 0 aliphatic rings. The molecule has 2 aromatic rings. The fourth-order valence-corrected chi connectivity index (χ4v) is 2.39. The van der Waals surface area contributed by atoms with Crippen LogP contribution >= 0.6 is 0 Å². The van der Waals surface area contributed by atoms with Gasteiger partial charge in [0.25, 0.3) is 15.7 Å². The third-order valence-electron chi connectivity index (χ3n) is 3.29. The van der Waals surface area contributed by atoms with Crippen molar-refractivity contribution in [2.24, 2.45) is 17.3 Å². The van der Waals surface area contributed by atoms with Crippen LogP contribution in [0.25, 0.3) is 0 Å². The predicted molar refractivity (Wildman–Crippen MR) is 83.2 cm³/mol. The standard InChI is InChI=1S/C14H12N4O5S/c1-8-11(7-15)13(19)18(2)14(20)12(8)17-16-9-3-5-10(6-4-9)24(21,22)23/h3-6,19H,1-2H3,(H,21,22,23). The molecule has 1 heterocycles. The number of benzene rings is 1. The minimum atomic E-state index is -4.31. The normalized spacial score (nSPS) is 11.6. The average molecular weight is 348 g/mol. The lowest BCUT2D eigenvalue weighted by molar-refractivity contribution is 0.421. The van der Waals surface area contributed by atoms with Crippen molar-refractivity contribution in [1.82, 2.24) is 4.57 Å². The van der Waals surface area contributed by atoms with E-state index in [0.29, 0.717) is 0 Å². The van der Waals surface area contributed by atoms with Crippen molar-refractivity contribution in [3.05, 3.63) is 45.7 Å². The Balaban J connectivity index is 2.49. The van der Waals surface area contributed by atoms with Crippen LogP contribution in [0.5, 0.6) is 5.88 Å². The molecule has 0 aliphatic heterocycles. The van der Waals surface area contributed by atoms with E-state index >= 15 is 0 Å². The van der Waals surface area contributed by atoms with Crippen molar-refractivity contribution in [3.63, 3.8) is 0 Å². The van der Waals surface area contributed by atoms with Crippen LogP contribution in [0.3, 0.4) is 0 Å². The molecule has 24 heavy (non-hydrogen) atoms. The molecule has 0 unspecified atom stereocenters. The molecule has 0 fully saturated rings. The maximum absolute atomic E-state index is 12.1. The number of hydrogen-bond acceptors (Lipinski definition) is 7. The van der Waals surface area contributed by atoms with Crippen LogP contribution in [0.15, 0.2) is 44.2 Å². The third kappa shape index (κ3) is 3.17. The number of pyridine rings is 1. The van der Waals surface area contributed by atoms with Gasteiger partial charge in [-0.15, -0.1) is 5.11 Å². The van der Waals surface area contributed by atoms with E-state index < -0.39 is 21.6 Å². The summed E-state index contributed by atoms with van der Waals surface area (Å²) in [7, 11) is -3.02. The summed E-state index contributed by atoms with van der Waals surface area (Å²) in [5, 5.41) is 26.4. The van der Waals surface area contributed by atoms with Crippen LogP contribution < -0.4 is 5.56 Å². The summed E-state index contributed by atoms with van der Waals surface area (Å²) < 4.78 is 31.7. The van der Waals surface area contributed by atoms with Gasteiger partial charge in [-0.3, -0.25) is 13.9 Å². The van der Waals surface area contributed by atoms with E-state index in [4.69, 9.17) is 9.81 Å². The van der Waals surface area contributed by atoms with E-state index in [2.05, 4.69) is 10.2 Å². The van der Waals surface area contributed by atoms with Gasteiger partial charge in [-0.05, 0) is 31.2 Å². The highest BCUT2D eigenvalue weighted by molar-refractivity contribution is 7.85. The van der Waals surface area contributed by atoms with Crippen molar-refractivity contribution in [3.8, 4) is 11.9 Å². The fraction of sp³-hybridized carbons (Fsp3) is 0.143. The number of nitriles is 1. The first-order valence-electron chi connectivity index (χ1n) is 6.48. The second kappa shape index (κ2) is 6.23. The number of azo groups is 1. The molecule has 0 spiro atoms. The summed E-state index contributed by atoms with van der Waals surface area (Å²) >= 11 is 0. The van der Waals surface area contributed by atoms with Gasteiger partial charge in [0.05, 0.1) is 10.6 Å². The van der Waals surface area contributed by atoms with Crippen molar-refractivity contribution < 1.29 is 18.1 Å². The van der Waals surface area contributed by atoms with Gasteiger partial charge in [-0.1, -0.05) is 0 Å². The number of hydrogen-bond donors (Lipinski definition) is 2. The van der Waals surface area contributed by atoms with Gasteiger partial charge < -0.3 is 5.11 Å². The molecule has 2 N–H and O–H groups in total. The van der Waals surface area contributed by atoms with Gasteiger partial charge in [0.15, 0.2) is 5.69 Å². The molecule has 2 rings (SSSR count). The summed E-state index contributed by atoms with van der Waals surface area (Å²) in [6, 6.07) is 6.63. The molecule has 10 heteroatoms. The van der Waals surface area contributed by atoms with Crippen molar-refractivity contribution in [2.75, 3.05) is 0 Å². The predicted octanol–water partition coefficient (Wildman–Crippen LogP) is 1.93. The average Bonchev–Trinajstić information content (AvgIpc) is 2.53. The fourth-order valence-electron chi connectivity index (χ4n) is 1.91. The molecule has 0 aliphatic carbocycles. The van der Waals surface area contributed by atoms with Gasteiger partial charge in [-0.25, -0.2) is 0 Å². The topological polar surface area (TPSA) is 145 Å². The smallest absolute Gasteiger partial charge is 0.294 e. The first kappa shape index (κ1) is 17.3. The van der Waals surface area contributed by atoms with E-state index in [1.54, 1.807) is 6.07 Å². The molecular formula is C14H12N4O5S. The van der Waals surface area contributed by atoms with Crippen molar-refractivity contribution in [2.45, 2.75) is 11.8 Å². The minimum absolute atomic E-state index is 0.0900. The Morgan fingerprint density at radius 1 is 1.21 bits per heavy atom. The molecule has 1 aromatic heterocycles. The maximum Gasteiger partial charge on any atom is 0.294 e. The van der Waals surface area contributed by atoms with Crippen LogP contribution in [-0.2, 0) is 17.2 Å². The van der Waals surface area contributed by atoms with E-state index in [0.717, 1.165) is 16.7 Å². The molecular weight excluding hydrogens is 336 g/mol. The zero-order chi connectivity index (χ0) is 18.1. The Labute approximate surface area is 136 Å². The van der Waals surface area contributed by atoms with Crippen LogP contribution in [-0.4, -0.2) is 22.6 Å². The summed E-state index contributed by atoms with van der Waals surface area (Å²) in [5.74, 6) is -0.462. The van der Waals surface area contributed by atoms with Gasteiger partial charge in [0.2, 0.25) is 5.88 Å². The van der Waals surface area contributed by atoms with Crippen LogP contribution in [0, 0.1) is 18.3 Å². The second-order valence-electron chi connectivity index (χ2n) is 4.82. The highest BCUT2D eigenvalue weighted by Gasteiger charge is 2.17. The lowest BCUT2D eigenvalue weighted by atomic mass is 10.1. The summed E-state index contributed by atoms with van der Waals surface area (Å²) in [4.78, 5) is 11.8. The minimum Gasteiger partial charge on any atom is -0.493 e. The Bertz CT molecular complexity index is 1030. The lowest BCUT2D eigenvalue weighted by Crippen LogP contribution is -2.18. The summed E-state index contributed by atoms with van der Waals surface area (Å²) in [5.41, 5.74) is -0.437. The zero-order valence-electron chi connectivity index (χ0n) is 12.6. The van der Waals surface area contributed by atoms with Gasteiger partial charge >= 0.3 is 0 Å². The van der Waals surface area contributed by atoms with Gasteiger partial charge in [-0.2, -0.15) is 18.8 Å². The monoisotopic (exact) mass is 348 g/mol. The van der Waals surface area contributed by atoms with Crippen LogP contribution in [0.2, 0.25) is 0 Å². The molecule has 9 nitrogen and oxygen atoms in total. The number of aromatic hydroxyl groups is 1. The van der Waals surface area contributed by atoms with Crippen molar-refractivity contribution >= 4 is 21.5 Å². The maximum atomic E-state index is 12.1. The van der Waals surface area contributed by atoms with Crippen molar-refractivity contribution in [1.29, 1.82) is 5.26 Å². The Morgan fingerprint density at radius 2 is 1.79 bits per heavy atom. The highest BCUT2D eigenvalue weighted by Crippen LogP contribution is 2.26. The van der Waals surface area contributed by atoms with E-state index in [9.17, 15) is 18.3 Å². The molecule has 0 amide bonds. The molecule has 0 atom stereocenters. The van der Waals surface area contributed by atoms with E-state index in [1.807, 2.05) is 0 Å². The SMILES string of the molecule is Cc1c(C#N)c(O)n(C)c(=O)c1N=Nc1ccc(S(=O)(=O)O)cc1. The first-order chi connectivity index (χ1) is 11.2. The van der Waals surface area contributed by atoms with E-state index in [1.165, 1.54) is 26.1 Å². The van der Waals surface area contributed by atoms with E-state index in [-0.39, 0.29) is 27.4 Å². The van der Waals surface area contributed by atoms with Crippen LogP contribution in [0.1, 0.15) is 11.1 Å². The number of nitrogens with zero attached hydrogens (tertiary/aromatic N) is 4.